The van der Waals surface area contributed by atoms with E-state index < -0.39 is 17.6 Å². The van der Waals surface area contributed by atoms with Gasteiger partial charge in [-0.05, 0) is 30.0 Å². The van der Waals surface area contributed by atoms with Gasteiger partial charge in [-0.25, -0.2) is 4.39 Å². The van der Waals surface area contributed by atoms with Crippen LogP contribution in [0.4, 0.5) is 10.1 Å². The van der Waals surface area contributed by atoms with Crippen LogP contribution in [-0.4, -0.2) is 11.8 Å². The van der Waals surface area contributed by atoms with Crippen LogP contribution in [0, 0.1) is 5.82 Å². The molecule has 2 aromatic rings. The van der Waals surface area contributed by atoms with Crippen LogP contribution in [-0.2, 0) is 29.0 Å². The first-order valence-electron chi connectivity index (χ1n) is 8.00. The van der Waals surface area contributed by atoms with Gasteiger partial charge in [0.15, 0.2) is 0 Å². The van der Waals surface area contributed by atoms with Crippen molar-refractivity contribution in [2.75, 3.05) is 5.32 Å². The van der Waals surface area contributed by atoms with Gasteiger partial charge in [0, 0.05) is 17.8 Å². The quantitative estimate of drug-likeness (QED) is 0.828. The zero-order valence-corrected chi connectivity index (χ0v) is 13.9. The van der Waals surface area contributed by atoms with Crippen molar-refractivity contribution in [3.05, 3.63) is 65.0 Å². The molecule has 4 nitrogen and oxygen atoms in total. The van der Waals surface area contributed by atoms with Gasteiger partial charge in [-0.2, -0.15) is 0 Å². The van der Waals surface area contributed by atoms with Crippen LogP contribution in [0.5, 0.6) is 0 Å². The number of para-hydroxylation sites is 1. The Morgan fingerprint density at radius 3 is 2.04 bits per heavy atom. The van der Waals surface area contributed by atoms with E-state index >= 15 is 0 Å². The third-order valence-electron chi connectivity index (χ3n) is 3.84. The second kappa shape index (κ2) is 8.24. The number of carbonyl (C=O) groups is 2. The van der Waals surface area contributed by atoms with Gasteiger partial charge in [-0.15, -0.1) is 0 Å². The number of nitrogens with one attached hydrogen (secondary N) is 2. The molecule has 0 aromatic heterocycles. The minimum absolute atomic E-state index is 0.0328. The second-order valence-electron chi connectivity index (χ2n) is 5.39. The number of halogens is 1. The fraction of sp³-hybridized carbons (Fsp3) is 0.263. The second-order valence-corrected chi connectivity index (χ2v) is 5.39. The zero-order chi connectivity index (χ0) is 17.5. The van der Waals surface area contributed by atoms with E-state index in [2.05, 4.69) is 10.6 Å². The van der Waals surface area contributed by atoms with Gasteiger partial charge in [-0.1, -0.05) is 50.2 Å². The molecule has 0 atom stereocenters. The van der Waals surface area contributed by atoms with E-state index in [1.54, 1.807) is 18.2 Å². The Labute approximate surface area is 141 Å². The van der Waals surface area contributed by atoms with Crippen molar-refractivity contribution in [3.63, 3.8) is 0 Å². The van der Waals surface area contributed by atoms with Gasteiger partial charge >= 0.3 is 11.8 Å². The summed E-state index contributed by atoms with van der Waals surface area (Å²) in [6.07, 6.45) is 1.50. The van der Waals surface area contributed by atoms with Crippen LogP contribution in [0.2, 0.25) is 0 Å². The van der Waals surface area contributed by atoms with Gasteiger partial charge < -0.3 is 10.6 Å². The normalized spacial score (nSPS) is 10.3. The Balaban J connectivity index is 2.05. The van der Waals surface area contributed by atoms with Crippen LogP contribution >= 0.6 is 0 Å². The highest BCUT2D eigenvalue weighted by Crippen LogP contribution is 2.22. The highest BCUT2D eigenvalue weighted by molar-refractivity contribution is 6.39. The van der Waals surface area contributed by atoms with Crippen molar-refractivity contribution in [1.82, 2.24) is 5.32 Å². The lowest BCUT2D eigenvalue weighted by Crippen LogP contribution is -2.35. The van der Waals surface area contributed by atoms with Crippen molar-refractivity contribution in [2.24, 2.45) is 0 Å². The number of hydrogen-bond acceptors (Lipinski definition) is 2. The fourth-order valence-electron chi connectivity index (χ4n) is 2.47. The maximum absolute atomic E-state index is 13.5. The number of hydrogen-bond donors (Lipinski definition) is 2. The molecule has 2 N–H and O–H groups in total. The summed E-state index contributed by atoms with van der Waals surface area (Å²) in [4.78, 5) is 24.1. The van der Waals surface area contributed by atoms with Crippen LogP contribution in [0.25, 0.3) is 0 Å². The standard InChI is InChI=1S/C19H21FN2O2/c1-3-13-9-7-10-14(4-2)17(13)22-19(24)18(23)21-12-15-8-5-6-11-16(15)20/h5-11H,3-4,12H2,1-2H3,(H,21,23)(H,22,24). The average molecular weight is 328 g/mol. The van der Waals surface area contributed by atoms with E-state index in [-0.39, 0.29) is 6.54 Å². The fourth-order valence-corrected chi connectivity index (χ4v) is 2.47. The molecule has 0 saturated carbocycles. The van der Waals surface area contributed by atoms with Crippen LogP contribution in [0.3, 0.4) is 0 Å². The molecule has 0 aliphatic rings. The lowest BCUT2D eigenvalue weighted by atomic mass is 10.0. The maximum Gasteiger partial charge on any atom is 0.313 e. The summed E-state index contributed by atoms with van der Waals surface area (Å²) in [6.45, 7) is 3.94. The Bertz CT molecular complexity index is 722. The van der Waals surface area contributed by atoms with Gasteiger partial charge in [0.05, 0.1) is 0 Å². The Morgan fingerprint density at radius 2 is 1.46 bits per heavy atom. The molecule has 0 unspecified atom stereocenters. The summed E-state index contributed by atoms with van der Waals surface area (Å²) < 4.78 is 13.5. The zero-order valence-electron chi connectivity index (χ0n) is 13.9. The molecule has 24 heavy (non-hydrogen) atoms. The number of anilines is 1. The highest BCUT2D eigenvalue weighted by Gasteiger charge is 2.17. The van der Waals surface area contributed by atoms with Gasteiger partial charge in [0.1, 0.15) is 5.82 Å². The molecule has 5 heteroatoms. The molecule has 2 amide bonds. The first kappa shape index (κ1) is 17.7. The van der Waals surface area contributed by atoms with Crippen molar-refractivity contribution in [3.8, 4) is 0 Å². The summed E-state index contributed by atoms with van der Waals surface area (Å²) in [5.74, 6) is -1.95. The topological polar surface area (TPSA) is 58.2 Å². The molecule has 0 saturated heterocycles. The molecule has 2 aromatic carbocycles. The first-order chi connectivity index (χ1) is 11.6. The van der Waals surface area contributed by atoms with Crippen LogP contribution in [0.1, 0.15) is 30.5 Å². The minimum Gasteiger partial charge on any atom is -0.344 e. The molecule has 0 fully saturated rings. The summed E-state index contributed by atoms with van der Waals surface area (Å²) in [7, 11) is 0. The largest absolute Gasteiger partial charge is 0.344 e. The number of amides is 2. The summed E-state index contributed by atoms with van der Waals surface area (Å²) in [6, 6.07) is 11.9. The minimum atomic E-state index is -0.786. The summed E-state index contributed by atoms with van der Waals surface area (Å²) in [5, 5.41) is 5.13. The lowest BCUT2D eigenvalue weighted by molar-refractivity contribution is -0.136. The maximum atomic E-state index is 13.5. The molecule has 0 bridgehead atoms. The van der Waals surface area contributed by atoms with Crippen LogP contribution < -0.4 is 10.6 Å². The number of benzene rings is 2. The lowest BCUT2D eigenvalue weighted by Gasteiger charge is -2.14. The molecular formula is C19H21FN2O2. The Morgan fingerprint density at radius 1 is 0.875 bits per heavy atom. The van der Waals surface area contributed by atoms with E-state index in [1.165, 1.54) is 6.07 Å². The summed E-state index contributed by atoms with van der Waals surface area (Å²) in [5.41, 5.74) is 2.98. The molecule has 2 rings (SSSR count). The van der Waals surface area contributed by atoms with Crippen LogP contribution in [0.15, 0.2) is 42.5 Å². The summed E-state index contributed by atoms with van der Waals surface area (Å²) >= 11 is 0. The van der Waals surface area contributed by atoms with Gasteiger partial charge in [-0.3, -0.25) is 9.59 Å². The third kappa shape index (κ3) is 4.19. The Hall–Kier alpha value is -2.69. The molecule has 0 aliphatic carbocycles. The van der Waals surface area contributed by atoms with Crippen molar-refractivity contribution < 1.29 is 14.0 Å². The predicted molar refractivity (Wildman–Crippen MR) is 92.1 cm³/mol. The molecule has 0 spiro atoms. The molecule has 0 radical (unpaired) electrons. The number of aryl methyl sites for hydroxylation is 2. The van der Waals surface area contributed by atoms with E-state index in [9.17, 15) is 14.0 Å². The number of carbonyl (C=O) groups excluding carboxylic acids is 2. The SMILES string of the molecule is CCc1cccc(CC)c1NC(=O)C(=O)NCc1ccccc1F. The van der Waals surface area contributed by atoms with E-state index in [0.29, 0.717) is 11.3 Å². The van der Waals surface area contributed by atoms with Gasteiger partial charge in [0.2, 0.25) is 0 Å². The monoisotopic (exact) mass is 328 g/mol. The van der Waals surface area contributed by atoms with E-state index in [0.717, 1.165) is 24.0 Å². The Kier molecular flexibility index (Phi) is 6.07. The average Bonchev–Trinajstić information content (AvgIpc) is 2.60. The number of rotatable bonds is 5. The highest BCUT2D eigenvalue weighted by atomic mass is 19.1. The molecule has 0 aliphatic heterocycles. The van der Waals surface area contributed by atoms with Crippen molar-refractivity contribution in [1.29, 1.82) is 0 Å². The van der Waals surface area contributed by atoms with E-state index in [1.807, 2.05) is 32.0 Å². The van der Waals surface area contributed by atoms with E-state index in [4.69, 9.17) is 0 Å². The molecule has 126 valence electrons. The van der Waals surface area contributed by atoms with Crippen molar-refractivity contribution in [2.45, 2.75) is 33.2 Å². The van der Waals surface area contributed by atoms with Crippen molar-refractivity contribution >= 4 is 17.5 Å². The molecule has 0 heterocycles. The predicted octanol–water partition coefficient (Wildman–Crippen LogP) is 3.21. The smallest absolute Gasteiger partial charge is 0.313 e. The van der Waals surface area contributed by atoms with Gasteiger partial charge in [0.25, 0.3) is 0 Å². The third-order valence-corrected chi connectivity index (χ3v) is 3.84. The molecular weight excluding hydrogens is 307 g/mol. The first-order valence-corrected chi connectivity index (χ1v) is 8.00.